The van der Waals surface area contributed by atoms with Crippen molar-refractivity contribution in [1.29, 1.82) is 0 Å². The van der Waals surface area contributed by atoms with Crippen LogP contribution < -0.4 is 10.5 Å². The second-order valence-electron chi connectivity index (χ2n) is 8.92. The van der Waals surface area contributed by atoms with Crippen LogP contribution in [0, 0.1) is 0 Å². The summed E-state index contributed by atoms with van der Waals surface area (Å²) in [6.07, 6.45) is 4.61. The average Bonchev–Trinajstić information content (AvgIpc) is 3.34. The van der Waals surface area contributed by atoms with Crippen LogP contribution in [0.3, 0.4) is 0 Å². The molecule has 0 aliphatic carbocycles. The smallest absolute Gasteiger partial charge is 0.351 e. The maximum atomic E-state index is 12.3. The molecule has 0 fully saturated rings. The van der Waals surface area contributed by atoms with E-state index in [1.54, 1.807) is 13.0 Å². The van der Waals surface area contributed by atoms with Crippen molar-refractivity contribution in [3.05, 3.63) is 75.6 Å². The van der Waals surface area contributed by atoms with E-state index >= 15 is 0 Å². The summed E-state index contributed by atoms with van der Waals surface area (Å²) >= 11 is 0. The fraction of sp³-hybridized carbons (Fsp3) is 0.286. The molecule has 2 aromatic heterocycles. The summed E-state index contributed by atoms with van der Waals surface area (Å²) in [5, 5.41) is 0.650. The van der Waals surface area contributed by atoms with Gasteiger partial charge in [-0.2, -0.15) is 0 Å². The maximum Gasteiger partial charge on any atom is 0.351 e. The topological polar surface area (TPSA) is 72.9 Å². The molecular formula is C28H25NO5. The molecule has 2 aromatic carbocycles. The van der Waals surface area contributed by atoms with Gasteiger partial charge in [-0.05, 0) is 80.1 Å². The zero-order valence-electron chi connectivity index (χ0n) is 19.1. The van der Waals surface area contributed by atoms with Crippen molar-refractivity contribution in [2.45, 2.75) is 32.6 Å². The van der Waals surface area contributed by atoms with Gasteiger partial charge in [-0.15, -0.1) is 0 Å². The number of esters is 1. The fourth-order valence-corrected chi connectivity index (χ4v) is 5.21. The highest BCUT2D eigenvalue weighted by Gasteiger charge is 2.25. The highest BCUT2D eigenvalue weighted by molar-refractivity contribution is 5.93. The van der Waals surface area contributed by atoms with Crippen molar-refractivity contribution in [3.8, 4) is 22.6 Å². The van der Waals surface area contributed by atoms with Crippen molar-refractivity contribution in [3.63, 3.8) is 0 Å². The Morgan fingerprint density at radius 3 is 2.32 bits per heavy atom. The molecule has 0 bridgehead atoms. The number of aryl methyl sites for hydroxylation is 2. The van der Waals surface area contributed by atoms with Crippen LogP contribution in [0.15, 0.2) is 62.2 Å². The minimum atomic E-state index is -0.708. The lowest BCUT2D eigenvalue weighted by atomic mass is 9.89. The molecule has 6 rings (SSSR count). The number of hydrogen-bond acceptors (Lipinski definition) is 6. The Morgan fingerprint density at radius 2 is 1.62 bits per heavy atom. The lowest BCUT2D eigenvalue weighted by Crippen LogP contribution is -2.34. The molecule has 0 unspecified atom stereocenters. The number of carbonyl (C=O) groups excluding carboxylic acids is 1. The Bertz CT molecular complexity index is 1450. The number of fused-ring (bicyclic) bond motifs is 1. The van der Waals surface area contributed by atoms with Crippen LogP contribution in [-0.4, -0.2) is 25.7 Å². The molecule has 0 saturated heterocycles. The van der Waals surface area contributed by atoms with Gasteiger partial charge in [0.15, 0.2) is 0 Å². The molecular weight excluding hydrogens is 430 g/mol. The molecule has 4 heterocycles. The predicted octanol–water partition coefficient (Wildman–Crippen LogP) is 5.60. The van der Waals surface area contributed by atoms with Gasteiger partial charge in [-0.3, -0.25) is 0 Å². The van der Waals surface area contributed by atoms with Crippen molar-refractivity contribution < 1.29 is 18.4 Å². The van der Waals surface area contributed by atoms with Crippen LogP contribution >= 0.6 is 0 Å². The summed E-state index contributed by atoms with van der Waals surface area (Å²) in [5.74, 6) is 0.850. The Hall–Kier alpha value is -3.80. The van der Waals surface area contributed by atoms with Crippen molar-refractivity contribution in [1.82, 2.24) is 0 Å². The molecule has 4 aromatic rings. The first kappa shape index (κ1) is 20.8. The largest absolute Gasteiger partial charge is 0.462 e. The molecule has 34 heavy (non-hydrogen) atoms. The number of anilines is 1. The van der Waals surface area contributed by atoms with Gasteiger partial charge in [0.2, 0.25) is 0 Å². The molecule has 0 N–H and O–H groups in total. The standard InChI is InChI=1S/C28H25NO5/c1-2-32-27(30)22-15-17-7-8-18(16-25(17)34-28(22)31)23-9-10-24(33-23)21-13-19-5-3-11-29-12-4-6-20(14-21)26(19)29/h7-10,13-16H,2-6,11-12H2,1H3. The fourth-order valence-electron chi connectivity index (χ4n) is 5.21. The highest BCUT2D eigenvalue weighted by atomic mass is 16.5. The molecule has 6 heteroatoms. The van der Waals surface area contributed by atoms with Gasteiger partial charge in [0.1, 0.15) is 22.7 Å². The van der Waals surface area contributed by atoms with Gasteiger partial charge < -0.3 is 18.5 Å². The molecule has 172 valence electrons. The molecule has 0 saturated carbocycles. The number of hydrogen-bond donors (Lipinski definition) is 0. The number of ether oxygens (including phenoxy) is 1. The third-order valence-corrected chi connectivity index (χ3v) is 6.74. The first-order valence-electron chi connectivity index (χ1n) is 11.9. The molecule has 0 amide bonds. The van der Waals surface area contributed by atoms with Crippen LogP contribution in [0.25, 0.3) is 33.6 Å². The number of furan rings is 1. The molecule has 0 atom stereocenters. The Labute approximate surface area is 196 Å². The summed E-state index contributed by atoms with van der Waals surface area (Å²) in [7, 11) is 0. The third-order valence-electron chi connectivity index (χ3n) is 6.74. The van der Waals surface area contributed by atoms with Crippen LogP contribution in [-0.2, 0) is 17.6 Å². The lowest BCUT2D eigenvalue weighted by Gasteiger charge is -2.37. The van der Waals surface area contributed by atoms with Gasteiger partial charge >= 0.3 is 11.6 Å². The van der Waals surface area contributed by atoms with E-state index in [0.29, 0.717) is 16.7 Å². The Balaban J connectivity index is 1.35. The van der Waals surface area contributed by atoms with E-state index in [0.717, 1.165) is 42.8 Å². The van der Waals surface area contributed by atoms with Gasteiger partial charge in [-0.25, -0.2) is 9.59 Å². The van der Waals surface area contributed by atoms with E-state index in [-0.39, 0.29) is 12.2 Å². The maximum absolute atomic E-state index is 12.3. The highest BCUT2D eigenvalue weighted by Crippen LogP contribution is 2.39. The van der Waals surface area contributed by atoms with E-state index < -0.39 is 11.6 Å². The zero-order valence-corrected chi connectivity index (χ0v) is 19.1. The second-order valence-corrected chi connectivity index (χ2v) is 8.92. The number of benzene rings is 2. The van der Waals surface area contributed by atoms with E-state index in [9.17, 15) is 9.59 Å². The van der Waals surface area contributed by atoms with E-state index in [2.05, 4.69) is 17.0 Å². The molecule has 0 spiro atoms. The Morgan fingerprint density at radius 1 is 0.912 bits per heavy atom. The number of carbonyl (C=O) groups is 1. The second kappa shape index (κ2) is 8.20. The van der Waals surface area contributed by atoms with Gasteiger partial charge in [-0.1, -0.05) is 12.1 Å². The third kappa shape index (κ3) is 3.50. The SMILES string of the molecule is CCOC(=O)c1cc2ccc(-c3ccc(-c4cc5c6c(c4)CCCN6CCC5)o3)cc2oc1=O. The van der Waals surface area contributed by atoms with Gasteiger partial charge in [0.25, 0.3) is 0 Å². The van der Waals surface area contributed by atoms with Gasteiger partial charge in [0, 0.05) is 35.3 Å². The molecule has 0 radical (unpaired) electrons. The number of rotatable bonds is 4. The van der Waals surface area contributed by atoms with E-state index in [1.807, 2.05) is 24.3 Å². The van der Waals surface area contributed by atoms with Crippen LogP contribution in [0.5, 0.6) is 0 Å². The van der Waals surface area contributed by atoms with Crippen molar-refractivity contribution in [2.75, 3.05) is 24.6 Å². The van der Waals surface area contributed by atoms with Gasteiger partial charge in [0.05, 0.1) is 6.61 Å². The summed E-state index contributed by atoms with van der Waals surface area (Å²) < 4.78 is 16.6. The van der Waals surface area contributed by atoms with Crippen molar-refractivity contribution in [2.24, 2.45) is 0 Å². The monoisotopic (exact) mass is 455 g/mol. The summed E-state index contributed by atoms with van der Waals surface area (Å²) in [6, 6.07) is 15.5. The lowest BCUT2D eigenvalue weighted by molar-refractivity contribution is 0.0522. The van der Waals surface area contributed by atoms with Crippen LogP contribution in [0.4, 0.5) is 5.69 Å². The first-order valence-corrected chi connectivity index (χ1v) is 11.9. The van der Waals surface area contributed by atoms with Crippen LogP contribution in [0.2, 0.25) is 0 Å². The predicted molar refractivity (Wildman–Crippen MR) is 130 cm³/mol. The van der Waals surface area contributed by atoms with E-state index in [1.165, 1.54) is 35.7 Å². The van der Waals surface area contributed by atoms with Crippen molar-refractivity contribution >= 4 is 22.6 Å². The minimum Gasteiger partial charge on any atom is -0.462 e. The van der Waals surface area contributed by atoms with E-state index in [4.69, 9.17) is 13.6 Å². The average molecular weight is 456 g/mol. The minimum absolute atomic E-state index is 0.0997. The number of nitrogens with zero attached hydrogens (tertiary/aromatic N) is 1. The summed E-state index contributed by atoms with van der Waals surface area (Å²) in [4.78, 5) is 26.8. The first-order chi connectivity index (χ1) is 16.6. The summed E-state index contributed by atoms with van der Waals surface area (Å²) in [5.41, 5.74) is 5.78. The normalized spacial score (nSPS) is 14.8. The molecule has 6 nitrogen and oxygen atoms in total. The molecule has 2 aliphatic heterocycles. The summed E-state index contributed by atoms with van der Waals surface area (Å²) in [6.45, 7) is 4.20. The molecule has 2 aliphatic rings. The zero-order chi connectivity index (χ0) is 23.2. The quantitative estimate of drug-likeness (QED) is 0.295. The van der Waals surface area contributed by atoms with Crippen LogP contribution in [0.1, 0.15) is 41.3 Å². The Kier molecular flexibility index (Phi) is 5.01.